The van der Waals surface area contributed by atoms with Gasteiger partial charge in [-0.25, -0.2) is 14.5 Å². The molecule has 0 aliphatic carbocycles. The van der Waals surface area contributed by atoms with Crippen molar-refractivity contribution in [3.8, 4) is 45.3 Å². The maximum atomic E-state index is 11.7. The van der Waals surface area contributed by atoms with Gasteiger partial charge in [0.1, 0.15) is 0 Å². The van der Waals surface area contributed by atoms with Gasteiger partial charge in [-0.05, 0) is 38.0 Å². The van der Waals surface area contributed by atoms with E-state index in [-0.39, 0.29) is 5.91 Å². The molecule has 262 valence electrons. The second-order valence-electron chi connectivity index (χ2n) is 12.3. The summed E-state index contributed by atoms with van der Waals surface area (Å²) in [5, 5.41) is 21.8. The van der Waals surface area contributed by atoms with Crippen LogP contribution in [0.3, 0.4) is 0 Å². The number of likely N-dealkylation sites (tertiary alicyclic amines) is 1. The summed E-state index contributed by atoms with van der Waals surface area (Å²) in [4.78, 5) is 27.6. The van der Waals surface area contributed by atoms with E-state index >= 15 is 0 Å². The number of ether oxygens (including phenoxy) is 2. The van der Waals surface area contributed by atoms with Crippen molar-refractivity contribution < 1.29 is 19.4 Å². The maximum absolute atomic E-state index is 11.7. The Kier molecular flexibility index (Phi) is 11.1. The minimum absolute atomic E-state index is 0.124. The standard InChI is InChI=1S/C36H40Cl2N8O4/c1-21(47)17-39-19-31-43-35-30(49-3)16-24(20-46(35)44-31)34-33(38)27(10-13-40-34)26-6-5-7-28(32(26)37)29-9-8-23(36(42-29)50-4)18-41-25-11-14-45(15-12-25)22(2)48/h5-10,13,16,20-21,25,39,41,47H,11-12,14-15,17-19H2,1-4H3/t21-/m0/s1. The molecule has 5 heterocycles. The Morgan fingerprint density at radius 3 is 2.50 bits per heavy atom. The van der Waals surface area contributed by atoms with Crippen molar-refractivity contribution in [3.05, 3.63) is 76.3 Å². The quantitative estimate of drug-likeness (QED) is 0.153. The van der Waals surface area contributed by atoms with E-state index < -0.39 is 6.10 Å². The third-order valence-electron chi connectivity index (χ3n) is 8.77. The highest BCUT2D eigenvalue weighted by atomic mass is 35.5. The third kappa shape index (κ3) is 7.69. The fourth-order valence-electron chi connectivity index (χ4n) is 6.12. The van der Waals surface area contributed by atoms with E-state index in [1.54, 1.807) is 45.0 Å². The Balaban J connectivity index is 1.26. The summed E-state index contributed by atoms with van der Waals surface area (Å²) in [6.07, 6.45) is 4.82. The van der Waals surface area contributed by atoms with Gasteiger partial charge in [0.2, 0.25) is 11.8 Å². The number of carbonyl (C=O) groups is 1. The van der Waals surface area contributed by atoms with Crippen LogP contribution in [0.1, 0.15) is 38.1 Å². The summed E-state index contributed by atoms with van der Waals surface area (Å²) in [6, 6.07) is 13.7. The van der Waals surface area contributed by atoms with Crippen LogP contribution in [-0.2, 0) is 17.9 Å². The van der Waals surface area contributed by atoms with Crippen LogP contribution in [-0.4, -0.2) is 86.5 Å². The first kappa shape index (κ1) is 35.5. The summed E-state index contributed by atoms with van der Waals surface area (Å²) >= 11 is 14.2. The van der Waals surface area contributed by atoms with E-state index in [1.807, 2.05) is 47.4 Å². The molecule has 1 aliphatic heterocycles. The first-order valence-electron chi connectivity index (χ1n) is 16.5. The van der Waals surface area contributed by atoms with E-state index in [2.05, 4.69) is 25.7 Å². The normalized spacial score (nSPS) is 14.3. The second-order valence-corrected chi connectivity index (χ2v) is 13.0. The molecule has 1 atom stereocenters. The number of hydrogen-bond acceptors (Lipinski definition) is 10. The summed E-state index contributed by atoms with van der Waals surface area (Å²) in [5.74, 6) is 1.70. The van der Waals surface area contributed by atoms with Crippen molar-refractivity contribution in [1.29, 1.82) is 0 Å². The molecule has 0 radical (unpaired) electrons. The van der Waals surface area contributed by atoms with Crippen LogP contribution in [0, 0.1) is 0 Å². The van der Waals surface area contributed by atoms with Crippen LogP contribution >= 0.6 is 23.2 Å². The van der Waals surface area contributed by atoms with Gasteiger partial charge in [0.25, 0.3) is 0 Å². The topological polar surface area (TPSA) is 139 Å². The number of aliphatic hydroxyl groups is 1. The van der Waals surface area contributed by atoms with E-state index in [4.69, 9.17) is 37.7 Å². The van der Waals surface area contributed by atoms with Gasteiger partial charge in [0.15, 0.2) is 17.2 Å². The highest BCUT2D eigenvalue weighted by molar-refractivity contribution is 6.39. The van der Waals surface area contributed by atoms with Gasteiger partial charge in [0.05, 0.1) is 48.3 Å². The van der Waals surface area contributed by atoms with Crippen LogP contribution in [0.5, 0.6) is 11.6 Å². The molecule has 6 rings (SSSR count). The van der Waals surface area contributed by atoms with Crippen molar-refractivity contribution in [1.82, 2.24) is 40.1 Å². The average molecular weight is 720 g/mol. The van der Waals surface area contributed by atoms with E-state index in [1.165, 1.54) is 0 Å². The zero-order valence-corrected chi connectivity index (χ0v) is 29.9. The lowest BCUT2D eigenvalue weighted by Crippen LogP contribution is -2.44. The van der Waals surface area contributed by atoms with Gasteiger partial charge < -0.3 is 30.1 Å². The molecular weight excluding hydrogens is 679 g/mol. The van der Waals surface area contributed by atoms with Crippen LogP contribution in [0.15, 0.2) is 54.9 Å². The third-order valence-corrected chi connectivity index (χ3v) is 9.56. The molecule has 4 aromatic heterocycles. The van der Waals surface area contributed by atoms with Gasteiger partial charge in [-0.15, -0.1) is 5.10 Å². The molecule has 50 heavy (non-hydrogen) atoms. The largest absolute Gasteiger partial charge is 0.493 e. The predicted octanol–water partition coefficient (Wildman–Crippen LogP) is 5.42. The number of amides is 1. The van der Waals surface area contributed by atoms with Crippen LogP contribution in [0.4, 0.5) is 0 Å². The SMILES string of the molecule is COc1nc(-c2cccc(-c3ccnc(-c4cc(OC)c5nc(CNC[C@H](C)O)nn5c4)c3Cl)c2Cl)ccc1CNC1CCN(C(C)=O)CC1. The van der Waals surface area contributed by atoms with Crippen molar-refractivity contribution >= 4 is 34.8 Å². The lowest BCUT2D eigenvalue weighted by molar-refractivity contribution is -0.129. The van der Waals surface area contributed by atoms with Crippen molar-refractivity contribution in [3.63, 3.8) is 0 Å². The molecule has 0 spiro atoms. The molecule has 1 aliphatic rings. The first-order valence-corrected chi connectivity index (χ1v) is 17.2. The molecule has 3 N–H and O–H groups in total. The second kappa shape index (κ2) is 15.7. The van der Waals surface area contributed by atoms with E-state index in [0.29, 0.717) is 81.3 Å². The fraction of sp³-hybridized carbons (Fsp3) is 0.361. The summed E-state index contributed by atoms with van der Waals surface area (Å²) in [6.45, 7) is 6.25. The summed E-state index contributed by atoms with van der Waals surface area (Å²) in [5.41, 5.74) is 5.51. The fourth-order valence-corrected chi connectivity index (χ4v) is 6.77. The van der Waals surface area contributed by atoms with E-state index in [9.17, 15) is 9.90 Å². The predicted molar refractivity (Wildman–Crippen MR) is 194 cm³/mol. The molecule has 0 saturated carbocycles. The molecule has 1 aromatic carbocycles. The highest BCUT2D eigenvalue weighted by Crippen LogP contribution is 2.42. The number of rotatable bonds is 12. The monoisotopic (exact) mass is 718 g/mol. The van der Waals surface area contributed by atoms with Crippen molar-refractivity contribution in [2.75, 3.05) is 33.9 Å². The molecule has 12 nitrogen and oxygen atoms in total. The molecule has 1 fully saturated rings. The molecule has 5 aromatic rings. The van der Waals surface area contributed by atoms with Gasteiger partial charge in [0, 0.05) is 79.4 Å². The zero-order valence-electron chi connectivity index (χ0n) is 28.4. The molecular formula is C36H40Cl2N8O4. The van der Waals surface area contributed by atoms with E-state index in [0.717, 1.165) is 42.6 Å². The number of halogens is 2. The lowest BCUT2D eigenvalue weighted by Gasteiger charge is -2.31. The van der Waals surface area contributed by atoms with Crippen molar-refractivity contribution in [2.24, 2.45) is 0 Å². The smallest absolute Gasteiger partial charge is 0.219 e. The Morgan fingerprint density at radius 1 is 1.02 bits per heavy atom. The zero-order chi connectivity index (χ0) is 35.4. The molecule has 0 bridgehead atoms. The Hall–Kier alpha value is -4.33. The number of fused-ring (bicyclic) bond motifs is 1. The van der Waals surface area contributed by atoms with Gasteiger partial charge in [-0.1, -0.05) is 47.5 Å². The number of aromatic nitrogens is 5. The van der Waals surface area contributed by atoms with Crippen LogP contribution in [0.25, 0.3) is 39.3 Å². The van der Waals surface area contributed by atoms with Gasteiger partial charge in [-0.3, -0.25) is 9.78 Å². The number of hydrogen-bond donors (Lipinski definition) is 3. The van der Waals surface area contributed by atoms with Crippen LogP contribution < -0.4 is 20.1 Å². The summed E-state index contributed by atoms with van der Waals surface area (Å²) in [7, 11) is 3.18. The average Bonchev–Trinajstić information content (AvgIpc) is 3.53. The number of nitrogens with zero attached hydrogens (tertiary/aromatic N) is 6. The molecule has 14 heteroatoms. The summed E-state index contributed by atoms with van der Waals surface area (Å²) < 4.78 is 13.0. The van der Waals surface area contributed by atoms with Crippen molar-refractivity contribution in [2.45, 2.75) is 51.9 Å². The number of pyridine rings is 3. The lowest BCUT2D eigenvalue weighted by atomic mass is 9.99. The van der Waals surface area contributed by atoms with Gasteiger partial charge >= 0.3 is 0 Å². The number of carbonyl (C=O) groups excluding carboxylic acids is 1. The maximum Gasteiger partial charge on any atom is 0.219 e. The van der Waals surface area contributed by atoms with Gasteiger partial charge in [-0.2, -0.15) is 0 Å². The number of methoxy groups -OCH3 is 2. The Morgan fingerprint density at radius 2 is 1.78 bits per heavy atom. The first-order chi connectivity index (χ1) is 24.2. The minimum Gasteiger partial charge on any atom is -0.493 e. The molecule has 1 amide bonds. The minimum atomic E-state index is -0.482. The number of piperidine rings is 1. The molecule has 0 unspecified atom stereocenters. The Bertz CT molecular complexity index is 2000. The molecule has 1 saturated heterocycles. The number of aliphatic hydroxyl groups excluding tert-OH is 1. The number of benzene rings is 1. The Labute approximate surface area is 300 Å². The highest BCUT2D eigenvalue weighted by Gasteiger charge is 2.22. The number of nitrogens with one attached hydrogen (secondary N) is 2. The van der Waals surface area contributed by atoms with Crippen LogP contribution in [0.2, 0.25) is 10.0 Å².